The zero-order valence-corrected chi connectivity index (χ0v) is 16.2. The van der Waals surface area contributed by atoms with Gasteiger partial charge in [0.15, 0.2) is 6.10 Å². The molecule has 7 heteroatoms. The van der Waals surface area contributed by atoms with Crippen molar-refractivity contribution < 1.29 is 19.1 Å². The minimum Gasteiger partial charge on any atom is -0.356 e. The van der Waals surface area contributed by atoms with E-state index in [1.54, 1.807) is 35.0 Å². The number of ether oxygens (including phenoxy) is 1. The van der Waals surface area contributed by atoms with Crippen molar-refractivity contribution in [2.45, 2.75) is 38.5 Å². The van der Waals surface area contributed by atoms with Gasteiger partial charge < -0.3 is 19.9 Å². The maximum absolute atomic E-state index is 12.9. The Kier molecular flexibility index (Phi) is 5.71. The van der Waals surface area contributed by atoms with Crippen molar-refractivity contribution in [3.05, 3.63) is 35.4 Å². The largest absolute Gasteiger partial charge is 0.356 e. The highest BCUT2D eigenvalue weighted by Gasteiger charge is 2.43. The van der Waals surface area contributed by atoms with E-state index in [2.05, 4.69) is 5.32 Å². The summed E-state index contributed by atoms with van der Waals surface area (Å²) >= 11 is 0. The van der Waals surface area contributed by atoms with Crippen LogP contribution in [0.25, 0.3) is 0 Å². The van der Waals surface area contributed by atoms with Crippen LogP contribution in [0.3, 0.4) is 0 Å². The summed E-state index contributed by atoms with van der Waals surface area (Å²) in [6.07, 6.45) is -0.895. The predicted molar refractivity (Wildman–Crippen MR) is 97.3 cm³/mol. The fourth-order valence-electron chi connectivity index (χ4n) is 3.21. The Morgan fingerprint density at radius 3 is 2.46 bits per heavy atom. The number of morpholine rings is 1. The zero-order valence-electron chi connectivity index (χ0n) is 16.2. The molecule has 1 aliphatic rings. The minimum atomic E-state index is -1.08. The molecule has 2 rings (SSSR count). The first kappa shape index (κ1) is 19.9. The summed E-state index contributed by atoms with van der Waals surface area (Å²) in [5.41, 5.74) is 0.726. The molecular formula is C19H27N3O4. The summed E-state index contributed by atoms with van der Waals surface area (Å²) in [5, 5.41) is 2.77. The number of nitrogens with zero attached hydrogens (tertiary/aromatic N) is 2. The van der Waals surface area contributed by atoms with Crippen LogP contribution in [0, 0.1) is 6.92 Å². The fraction of sp³-hybridized carbons (Fsp3) is 0.526. The van der Waals surface area contributed by atoms with Gasteiger partial charge in [-0.15, -0.1) is 0 Å². The van der Waals surface area contributed by atoms with Gasteiger partial charge in [-0.1, -0.05) is 24.3 Å². The van der Waals surface area contributed by atoms with E-state index < -0.39 is 23.6 Å². The molecule has 0 spiro atoms. The van der Waals surface area contributed by atoms with E-state index in [-0.39, 0.29) is 18.4 Å². The van der Waals surface area contributed by atoms with Crippen LogP contribution in [0.5, 0.6) is 0 Å². The number of amides is 3. The quantitative estimate of drug-likeness (QED) is 0.863. The lowest BCUT2D eigenvalue weighted by Gasteiger charge is -2.40. The first-order chi connectivity index (χ1) is 12.1. The summed E-state index contributed by atoms with van der Waals surface area (Å²) in [5.74, 6) is -0.831. The van der Waals surface area contributed by atoms with E-state index in [4.69, 9.17) is 4.74 Å². The third-order valence-corrected chi connectivity index (χ3v) is 4.63. The molecule has 1 aromatic rings. The number of hydrogen-bond acceptors (Lipinski definition) is 4. The van der Waals surface area contributed by atoms with Crippen LogP contribution in [-0.4, -0.2) is 66.9 Å². The number of nitrogens with one attached hydrogen (secondary N) is 1. The average Bonchev–Trinajstić information content (AvgIpc) is 2.56. The van der Waals surface area contributed by atoms with Crippen molar-refractivity contribution in [1.29, 1.82) is 0 Å². The molecule has 0 radical (unpaired) electrons. The second kappa shape index (κ2) is 7.45. The predicted octanol–water partition coefficient (Wildman–Crippen LogP) is 0.876. The Morgan fingerprint density at radius 1 is 1.27 bits per heavy atom. The van der Waals surface area contributed by atoms with Crippen molar-refractivity contribution in [2.75, 3.05) is 27.7 Å². The number of hydrogen-bond donors (Lipinski definition) is 1. The van der Waals surface area contributed by atoms with Crippen molar-refractivity contribution in [2.24, 2.45) is 0 Å². The molecule has 0 unspecified atom stereocenters. The second-order valence-electron chi connectivity index (χ2n) is 7.35. The Morgan fingerprint density at radius 2 is 1.88 bits per heavy atom. The van der Waals surface area contributed by atoms with E-state index >= 15 is 0 Å². The average molecular weight is 361 g/mol. The van der Waals surface area contributed by atoms with Gasteiger partial charge >= 0.3 is 0 Å². The Hall–Kier alpha value is -2.41. The van der Waals surface area contributed by atoms with Crippen LogP contribution >= 0.6 is 0 Å². The monoisotopic (exact) mass is 361 g/mol. The molecule has 0 bridgehead atoms. The van der Waals surface area contributed by atoms with Gasteiger partial charge in [-0.2, -0.15) is 0 Å². The summed E-state index contributed by atoms with van der Waals surface area (Å²) in [4.78, 5) is 40.4. The number of likely N-dealkylation sites (N-methyl/N-ethyl adjacent to an activating group) is 2. The van der Waals surface area contributed by atoms with Gasteiger partial charge in [0.1, 0.15) is 12.1 Å². The van der Waals surface area contributed by atoms with E-state index in [0.717, 1.165) is 11.1 Å². The lowest BCUT2D eigenvalue weighted by atomic mass is 9.93. The SMILES string of the molecule is Cc1ccccc1[C@@H]1[C@@H](C(=O)NC(C)(C)C(=O)N(C)C)OCC(=O)N1C. The third kappa shape index (κ3) is 3.88. The number of rotatable bonds is 4. The lowest BCUT2D eigenvalue weighted by molar-refractivity contribution is -0.163. The maximum atomic E-state index is 12.9. The molecule has 1 aromatic carbocycles. The van der Waals surface area contributed by atoms with Gasteiger partial charge in [-0.3, -0.25) is 14.4 Å². The highest BCUT2D eigenvalue weighted by Crippen LogP contribution is 2.31. The van der Waals surface area contributed by atoms with Crippen molar-refractivity contribution in [1.82, 2.24) is 15.1 Å². The van der Waals surface area contributed by atoms with E-state index in [1.807, 2.05) is 31.2 Å². The molecule has 142 valence electrons. The fourth-order valence-corrected chi connectivity index (χ4v) is 3.21. The summed E-state index contributed by atoms with van der Waals surface area (Å²) in [6.45, 7) is 5.05. The number of carbonyl (C=O) groups excluding carboxylic acids is 3. The Balaban J connectivity index is 2.33. The minimum absolute atomic E-state index is 0.168. The summed E-state index contributed by atoms with van der Waals surface area (Å²) < 4.78 is 5.60. The maximum Gasteiger partial charge on any atom is 0.252 e. The number of carbonyl (C=O) groups is 3. The normalized spacial score (nSPS) is 20.7. The van der Waals surface area contributed by atoms with Crippen molar-refractivity contribution in [3.8, 4) is 0 Å². The van der Waals surface area contributed by atoms with E-state index in [0.29, 0.717) is 0 Å². The summed E-state index contributed by atoms with van der Waals surface area (Å²) in [7, 11) is 4.93. The second-order valence-corrected chi connectivity index (χ2v) is 7.35. The van der Waals surface area contributed by atoms with Crippen molar-refractivity contribution in [3.63, 3.8) is 0 Å². The first-order valence-electron chi connectivity index (χ1n) is 8.53. The molecular weight excluding hydrogens is 334 g/mol. The molecule has 3 amide bonds. The lowest BCUT2D eigenvalue weighted by Crippen LogP contribution is -2.60. The smallest absolute Gasteiger partial charge is 0.252 e. The third-order valence-electron chi connectivity index (χ3n) is 4.63. The molecule has 1 saturated heterocycles. The topological polar surface area (TPSA) is 79.0 Å². The van der Waals surface area contributed by atoms with Gasteiger partial charge in [-0.05, 0) is 31.9 Å². The van der Waals surface area contributed by atoms with Crippen LogP contribution in [0.15, 0.2) is 24.3 Å². The summed E-state index contributed by atoms with van der Waals surface area (Å²) in [6, 6.07) is 7.02. The van der Waals surface area contributed by atoms with Crippen LogP contribution in [0.2, 0.25) is 0 Å². The molecule has 0 saturated carbocycles. The highest BCUT2D eigenvalue weighted by molar-refractivity contribution is 5.93. The van der Waals surface area contributed by atoms with Gasteiger partial charge in [0.05, 0.1) is 6.04 Å². The van der Waals surface area contributed by atoms with Crippen LogP contribution in [-0.2, 0) is 19.1 Å². The highest BCUT2D eigenvalue weighted by atomic mass is 16.5. The molecule has 1 fully saturated rings. The Labute approximate surface area is 154 Å². The number of aryl methyl sites for hydroxylation is 1. The Bertz CT molecular complexity index is 714. The van der Waals surface area contributed by atoms with E-state index in [9.17, 15) is 14.4 Å². The number of benzene rings is 1. The van der Waals surface area contributed by atoms with Crippen molar-refractivity contribution >= 4 is 17.7 Å². The first-order valence-corrected chi connectivity index (χ1v) is 8.53. The van der Waals surface area contributed by atoms with Crippen LogP contribution < -0.4 is 5.32 Å². The molecule has 1 aliphatic heterocycles. The van der Waals surface area contributed by atoms with Gasteiger partial charge in [0.2, 0.25) is 11.8 Å². The molecule has 1 heterocycles. The van der Waals surface area contributed by atoms with Gasteiger partial charge in [-0.25, -0.2) is 0 Å². The zero-order chi connectivity index (χ0) is 19.6. The van der Waals surface area contributed by atoms with Gasteiger partial charge in [0.25, 0.3) is 5.91 Å². The van der Waals surface area contributed by atoms with Gasteiger partial charge in [0, 0.05) is 21.1 Å². The molecule has 2 atom stereocenters. The molecule has 1 N–H and O–H groups in total. The van der Waals surface area contributed by atoms with E-state index in [1.165, 1.54) is 9.80 Å². The molecule has 0 aliphatic carbocycles. The van der Waals surface area contributed by atoms with Crippen LogP contribution in [0.1, 0.15) is 31.0 Å². The standard InChI is InChI=1S/C19H27N3O4/c1-12-9-7-8-10-13(12)15-16(26-11-14(23)22(15)6)17(24)20-19(2,3)18(25)21(4)5/h7-10,15-16H,11H2,1-6H3,(H,20,24)/t15-,16+/m1/s1. The molecule has 7 nitrogen and oxygen atoms in total. The molecule has 0 aromatic heterocycles. The van der Waals surface area contributed by atoms with Crippen LogP contribution in [0.4, 0.5) is 0 Å². The molecule has 26 heavy (non-hydrogen) atoms.